The van der Waals surface area contributed by atoms with E-state index in [9.17, 15) is 4.79 Å². The molecule has 0 aromatic rings. The fourth-order valence-electron chi connectivity index (χ4n) is 2.35. The van der Waals surface area contributed by atoms with E-state index in [1.165, 1.54) is 19.3 Å². The van der Waals surface area contributed by atoms with Crippen molar-refractivity contribution in [3.63, 3.8) is 0 Å². The zero-order valence-corrected chi connectivity index (χ0v) is 9.32. The normalized spacial score (nSPS) is 24.3. The molecule has 0 unspecified atom stereocenters. The Labute approximate surface area is 91.4 Å². The molecule has 15 heavy (non-hydrogen) atoms. The van der Waals surface area contributed by atoms with Crippen molar-refractivity contribution in [2.45, 2.75) is 44.6 Å². The van der Waals surface area contributed by atoms with Gasteiger partial charge in [-0.3, -0.25) is 9.80 Å². The summed E-state index contributed by atoms with van der Waals surface area (Å²) in [4.78, 5) is 11.9. The van der Waals surface area contributed by atoms with Crippen molar-refractivity contribution in [3.8, 4) is 0 Å². The molecule has 4 nitrogen and oxygen atoms in total. The van der Waals surface area contributed by atoms with Crippen molar-refractivity contribution in [1.29, 1.82) is 0 Å². The van der Waals surface area contributed by atoms with Gasteiger partial charge in [-0.05, 0) is 38.6 Å². The Kier molecular flexibility index (Phi) is 3.59. The number of hydrazine groups is 1. The van der Waals surface area contributed by atoms with E-state index in [1.807, 2.05) is 5.01 Å². The van der Waals surface area contributed by atoms with Gasteiger partial charge in [-0.15, -0.1) is 0 Å². The van der Waals surface area contributed by atoms with Crippen molar-refractivity contribution >= 4 is 5.91 Å². The van der Waals surface area contributed by atoms with Gasteiger partial charge in [0.1, 0.15) is 0 Å². The van der Waals surface area contributed by atoms with Crippen LogP contribution in [-0.4, -0.2) is 41.6 Å². The first-order valence-corrected chi connectivity index (χ1v) is 6.10. The molecule has 0 aromatic carbocycles. The number of nitrogens with two attached hydrogens (primary N) is 1. The van der Waals surface area contributed by atoms with Gasteiger partial charge in [-0.1, -0.05) is 0 Å². The molecule has 2 N–H and O–H groups in total. The molecule has 2 aliphatic rings. The molecular weight excluding hydrogens is 190 g/mol. The van der Waals surface area contributed by atoms with Gasteiger partial charge in [0, 0.05) is 25.6 Å². The highest BCUT2D eigenvalue weighted by Gasteiger charge is 2.34. The molecule has 2 rings (SSSR count). The quantitative estimate of drug-likeness (QED) is 0.745. The van der Waals surface area contributed by atoms with Gasteiger partial charge in [0.15, 0.2) is 0 Å². The number of amides is 1. The van der Waals surface area contributed by atoms with Crippen LogP contribution >= 0.6 is 0 Å². The van der Waals surface area contributed by atoms with E-state index >= 15 is 0 Å². The Morgan fingerprint density at radius 3 is 2.73 bits per heavy atom. The number of rotatable bonds is 4. The highest BCUT2D eigenvalue weighted by Crippen LogP contribution is 2.29. The molecule has 0 spiro atoms. The van der Waals surface area contributed by atoms with Gasteiger partial charge < -0.3 is 5.73 Å². The highest BCUT2D eigenvalue weighted by molar-refractivity contribution is 5.76. The minimum atomic E-state index is 0.322. The fraction of sp³-hybridized carbons (Fsp3) is 0.909. The number of hydrogen-bond donors (Lipinski definition) is 1. The molecule has 1 heterocycles. The summed E-state index contributed by atoms with van der Waals surface area (Å²) in [6, 6.07) is 0.496. The zero-order chi connectivity index (χ0) is 10.7. The minimum Gasteiger partial charge on any atom is -0.330 e. The van der Waals surface area contributed by atoms with Gasteiger partial charge in [-0.25, -0.2) is 5.01 Å². The molecule has 86 valence electrons. The molecule has 0 bridgehead atoms. The van der Waals surface area contributed by atoms with Crippen LogP contribution in [0.1, 0.15) is 38.5 Å². The van der Waals surface area contributed by atoms with E-state index in [2.05, 4.69) is 5.01 Å². The van der Waals surface area contributed by atoms with Crippen LogP contribution in [0.3, 0.4) is 0 Å². The summed E-state index contributed by atoms with van der Waals surface area (Å²) in [5.74, 6) is 0.322. The van der Waals surface area contributed by atoms with E-state index in [4.69, 9.17) is 5.73 Å². The minimum absolute atomic E-state index is 0.322. The molecule has 1 saturated carbocycles. The number of carbonyl (C=O) groups is 1. The van der Waals surface area contributed by atoms with Crippen molar-refractivity contribution in [2.24, 2.45) is 5.73 Å². The van der Waals surface area contributed by atoms with Crippen molar-refractivity contribution in [3.05, 3.63) is 0 Å². The zero-order valence-electron chi connectivity index (χ0n) is 9.32. The van der Waals surface area contributed by atoms with Crippen LogP contribution in [0.4, 0.5) is 0 Å². The molecule has 1 amide bonds. The van der Waals surface area contributed by atoms with Gasteiger partial charge in [0.05, 0.1) is 0 Å². The summed E-state index contributed by atoms with van der Waals surface area (Å²) in [6.45, 7) is 2.68. The summed E-state index contributed by atoms with van der Waals surface area (Å²) < 4.78 is 0. The average molecular weight is 211 g/mol. The van der Waals surface area contributed by atoms with E-state index < -0.39 is 0 Å². The van der Waals surface area contributed by atoms with Crippen molar-refractivity contribution in [2.75, 3.05) is 19.6 Å². The SMILES string of the molecule is NCCCN1CCCC(=O)N1C1CCC1. The third-order valence-electron chi connectivity index (χ3n) is 3.41. The average Bonchev–Trinajstić information content (AvgIpc) is 2.16. The van der Waals surface area contributed by atoms with Gasteiger partial charge in [0.2, 0.25) is 5.91 Å². The van der Waals surface area contributed by atoms with Crippen LogP contribution in [0.15, 0.2) is 0 Å². The van der Waals surface area contributed by atoms with Gasteiger partial charge >= 0.3 is 0 Å². The third kappa shape index (κ3) is 2.32. The summed E-state index contributed by atoms with van der Waals surface area (Å²) in [5.41, 5.74) is 5.52. The highest BCUT2D eigenvalue weighted by atomic mass is 16.2. The number of carbonyl (C=O) groups excluding carboxylic acids is 1. The van der Waals surface area contributed by atoms with Crippen LogP contribution in [0.25, 0.3) is 0 Å². The topological polar surface area (TPSA) is 49.6 Å². The Morgan fingerprint density at radius 2 is 2.13 bits per heavy atom. The molecule has 1 aliphatic carbocycles. The molecule has 0 atom stereocenters. The van der Waals surface area contributed by atoms with Crippen LogP contribution in [-0.2, 0) is 4.79 Å². The van der Waals surface area contributed by atoms with E-state index in [0.717, 1.165) is 32.4 Å². The first-order valence-electron chi connectivity index (χ1n) is 6.10. The molecule has 2 fully saturated rings. The second kappa shape index (κ2) is 4.94. The summed E-state index contributed by atoms with van der Waals surface area (Å²) in [5, 5.41) is 4.26. The smallest absolute Gasteiger partial charge is 0.237 e. The number of nitrogens with zero attached hydrogens (tertiary/aromatic N) is 2. The first-order chi connectivity index (χ1) is 7.33. The molecule has 1 saturated heterocycles. The lowest BCUT2D eigenvalue weighted by atomic mass is 9.91. The van der Waals surface area contributed by atoms with E-state index in [0.29, 0.717) is 18.5 Å². The Morgan fingerprint density at radius 1 is 1.33 bits per heavy atom. The van der Waals surface area contributed by atoms with Gasteiger partial charge in [0.25, 0.3) is 0 Å². The Balaban J connectivity index is 1.94. The van der Waals surface area contributed by atoms with Crippen LogP contribution in [0, 0.1) is 0 Å². The summed E-state index contributed by atoms with van der Waals surface area (Å²) in [6.07, 6.45) is 6.37. The monoisotopic (exact) mass is 211 g/mol. The predicted octanol–water partition coefficient (Wildman–Crippen LogP) is 0.727. The lowest BCUT2D eigenvalue weighted by Gasteiger charge is -2.46. The Hall–Kier alpha value is -0.610. The van der Waals surface area contributed by atoms with Crippen LogP contribution in [0.2, 0.25) is 0 Å². The lowest BCUT2D eigenvalue weighted by molar-refractivity contribution is -0.167. The summed E-state index contributed by atoms with van der Waals surface area (Å²) >= 11 is 0. The second-order valence-electron chi connectivity index (χ2n) is 4.52. The molecule has 4 heteroatoms. The standard InChI is InChI=1S/C11H21N3O/c12-7-3-9-13-8-2-6-11(15)14(13)10-4-1-5-10/h10H,1-9,12H2. The molecule has 1 aliphatic heterocycles. The maximum Gasteiger partial charge on any atom is 0.237 e. The summed E-state index contributed by atoms with van der Waals surface area (Å²) in [7, 11) is 0. The van der Waals surface area contributed by atoms with E-state index in [-0.39, 0.29) is 0 Å². The molecule has 0 aromatic heterocycles. The van der Waals surface area contributed by atoms with E-state index in [1.54, 1.807) is 0 Å². The maximum atomic E-state index is 11.9. The van der Waals surface area contributed by atoms with Crippen molar-refractivity contribution in [1.82, 2.24) is 10.0 Å². The second-order valence-corrected chi connectivity index (χ2v) is 4.52. The lowest BCUT2D eigenvalue weighted by Crippen LogP contribution is -2.57. The van der Waals surface area contributed by atoms with Gasteiger partial charge in [-0.2, -0.15) is 0 Å². The third-order valence-corrected chi connectivity index (χ3v) is 3.41. The maximum absolute atomic E-state index is 11.9. The first kappa shape index (κ1) is 10.9. The van der Waals surface area contributed by atoms with Crippen LogP contribution < -0.4 is 5.73 Å². The Bertz CT molecular complexity index is 228. The van der Waals surface area contributed by atoms with Crippen molar-refractivity contribution < 1.29 is 4.79 Å². The fourth-order valence-corrected chi connectivity index (χ4v) is 2.35. The van der Waals surface area contributed by atoms with Crippen LogP contribution in [0.5, 0.6) is 0 Å². The molecular formula is C11H21N3O. The largest absolute Gasteiger partial charge is 0.330 e. The predicted molar refractivity (Wildman–Crippen MR) is 59.0 cm³/mol. The number of hydrogen-bond acceptors (Lipinski definition) is 3. The molecule has 0 radical (unpaired) electrons.